The number of carbonyl (C=O) groups excluding carboxylic acids is 1. The number of anilines is 2. The van der Waals surface area contributed by atoms with Crippen molar-refractivity contribution in [3.05, 3.63) is 59.4 Å². The smallest absolute Gasteiger partial charge is 0.348 e. The molecule has 228 valence electrons. The van der Waals surface area contributed by atoms with Gasteiger partial charge in [-0.2, -0.15) is 4.31 Å². The van der Waals surface area contributed by atoms with Crippen molar-refractivity contribution < 1.29 is 27.5 Å². The van der Waals surface area contributed by atoms with E-state index >= 15 is 0 Å². The zero-order valence-corrected chi connectivity index (χ0v) is 25.6. The number of hydrogen-bond donors (Lipinski definition) is 1. The first-order chi connectivity index (χ1) is 20.6. The van der Waals surface area contributed by atoms with Crippen LogP contribution in [-0.4, -0.2) is 66.4 Å². The normalized spacial score (nSPS) is 22.3. The number of nitrogens with zero attached hydrogens (tertiary/aromatic N) is 4. The van der Waals surface area contributed by atoms with Crippen LogP contribution in [0.4, 0.5) is 15.9 Å². The van der Waals surface area contributed by atoms with Gasteiger partial charge in [-0.3, -0.25) is 4.79 Å². The highest BCUT2D eigenvalue weighted by Crippen LogP contribution is 2.42. The molecule has 2 unspecified atom stereocenters. The summed E-state index contributed by atoms with van der Waals surface area (Å²) >= 11 is 1.03. The van der Waals surface area contributed by atoms with E-state index < -0.39 is 40.3 Å². The molecule has 1 amide bonds. The Balaban J connectivity index is 1.33. The van der Waals surface area contributed by atoms with Gasteiger partial charge < -0.3 is 14.9 Å². The number of piperazine rings is 1. The molecule has 3 aliphatic rings. The summed E-state index contributed by atoms with van der Waals surface area (Å²) in [5.74, 6) is -1.28. The third-order valence-corrected chi connectivity index (χ3v) is 12.0. The van der Waals surface area contributed by atoms with Crippen molar-refractivity contribution in [2.75, 3.05) is 29.4 Å². The predicted molar refractivity (Wildman–Crippen MR) is 164 cm³/mol. The van der Waals surface area contributed by atoms with E-state index in [-0.39, 0.29) is 27.9 Å². The van der Waals surface area contributed by atoms with Crippen molar-refractivity contribution >= 4 is 44.7 Å². The van der Waals surface area contributed by atoms with Gasteiger partial charge in [-0.25, -0.2) is 22.6 Å². The van der Waals surface area contributed by atoms with Crippen LogP contribution in [0.1, 0.15) is 61.5 Å². The predicted octanol–water partition coefficient (Wildman–Crippen LogP) is 5.62. The van der Waals surface area contributed by atoms with Crippen LogP contribution in [0.3, 0.4) is 0 Å². The Morgan fingerprint density at radius 2 is 1.79 bits per heavy atom. The molecular weight excluding hydrogens is 591 g/mol. The lowest BCUT2D eigenvalue weighted by molar-refractivity contribution is -0.121. The topological polar surface area (TPSA) is 111 Å². The van der Waals surface area contributed by atoms with Gasteiger partial charge in [0, 0.05) is 30.2 Å². The molecule has 0 spiro atoms. The van der Waals surface area contributed by atoms with Crippen molar-refractivity contribution in [2.45, 2.75) is 68.8 Å². The first kappa shape index (κ1) is 29.7. The second kappa shape index (κ2) is 12.0. The maximum atomic E-state index is 13.9. The molecule has 2 saturated heterocycles. The molecule has 1 N–H and O–H groups in total. The molecule has 2 aliphatic heterocycles. The average molecular weight is 627 g/mol. The van der Waals surface area contributed by atoms with E-state index in [1.54, 1.807) is 30.3 Å². The first-order valence-corrected chi connectivity index (χ1v) is 17.1. The van der Waals surface area contributed by atoms with Gasteiger partial charge in [-0.05, 0) is 74.4 Å². The number of benzene rings is 1. The van der Waals surface area contributed by atoms with E-state index in [9.17, 15) is 27.5 Å². The Bertz CT molecular complexity index is 1600. The summed E-state index contributed by atoms with van der Waals surface area (Å²) in [5.41, 5.74) is 0.905. The third kappa shape index (κ3) is 5.80. The number of amides is 1. The van der Waals surface area contributed by atoms with Crippen LogP contribution in [0.15, 0.2) is 53.6 Å². The Hall–Kier alpha value is -3.35. The number of carboxylic acids is 1. The van der Waals surface area contributed by atoms with Crippen molar-refractivity contribution in [1.29, 1.82) is 0 Å². The number of rotatable bonds is 7. The summed E-state index contributed by atoms with van der Waals surface area (Å²) in [5, 5.41) is 10.1. The number of thiophene rings is 1. The first-order valence-electron chi connectivity index (χ1n) is 14.8. The molecule has 12 heteroatoms. The summed E-state index contributed by atoms with van der Waals surface area (Å²) in [4.78, 5) is 35.1. The van der Waals surface area contributed by atoms with Crippen LogP contribution in [0.25, 0.3) is 10.4 Å². The van der Waals surface area contributed by atoms with E-state index in [1.807, 2.05) is 0 Å². The highest BCUT2D eigenvalue weighted by atomic mass is 32.2. The minimum Gasteiger partial charge on any atom is -0.477 e. The molecule has 1 aromatic carbocycles. The molecule has 1 aliphatic carbocycles. The quantitative estimate of drug-likeness (QED) is 0.362. The lowest BCUT2D eigenvalue weighted by atomic mass is 9.82. The van der Waals surface area contributed by atoms with Crippen LogP contribution in [-0.2, 0) is 14.8 Å². The fourth-order valence-corrected chi connectivity index (χ4v) is 9.08. The van der Waals surface area contributed by atoms with Crippen molar-refractivity contribution in [2.24, 2.45) is 5.92 Å². The van der Waals surface area contributed by atoms with Crippen LogP contribution in [0.5, 0.6) is 0 Å². The van der Waals surface area contributed by atoms with E-state index in [1.165, 1.54) is 27.5 Å². The Kier molecular flexibility index (Phi) is 8.27. The summed E-state index contributed by atoms with van der Waals surface area (Å²) in [6.07, 6.45) is 8.15. The number of hydrogen-bond acceptors (Lipinski definition) is 7. The number of carbonyl (C=O) groups is 2. The highest BCUT2D eigenvalue weighted by Gasteiger charge is 2.44. The van der Waals surface area contributed by atoms with Gasteiger partial charge in [-0.1, -0.05) is 31.4 Å². The average Bonchev–Trinajstić information content (AvgIpc) is 3.64. The van der Waals surface area contributed by atoms with Crippen molar-refractivity contribution in [1.82, 2.24) is 9.29 Å². The molecular formula is C31H35FN4O5S2. The Labute approximate surface area is 255 Å². The molecule has 6 rings (SSSR count). The van der Waals surface area contributed by atoms with E-state index in [0.29, 0.717) is 16.5 Å². The largest absolute Gasteiger partial charge is 0.477 e. The number of aromatic nitrogens is 1. The monoisotopic (exact) mass is 626 g/mol. The van der Waals surface area contributed by atoms with Gasteiger partial charge in [0.1, 0.15) is 21.4 Å². The zero-order chi connectivity index (χ0) is 30.3. The number of sulfonamides is 1. The number of carboxylic acid groups (broad SMARTS) is 1. The van der Waals surface area contributed by atoms with Gasteiger partial charge in [-0.15, -0.1) is 11.3 Å². The zero-order valence-electron chi connectivity index (χ0n) is 24.0. The van der Waals surface area contributed by atoms with E-state index in [0.717, 1.165) is 68.6 Å². The minimum absolute atomic E-state index is 0.000668. The molecule has 4 heterocycles. The van der Waals surface area contributed by atoms with Crippen LogP contribution in [0.2, 0.25) is 0 Å². The molecule has 2 atom stereocenters. The lowest BCUT2D eigenvalue weighted by Gasteiger charge is -2.44. The van der Waals surface area contributed by atoms with Crippen LogP contribution >= 0.6 is 11.3 Å². The Morgan fingerprint density at radius 3 is 2.42 bits per heavy atom. The van der Waals surface area contributed by atoms with Gasteiger partial charge in [0.05, 0.1) is 18.3 Å². The number of pyridine rings is 1. The fraction of sp³-hybridized carbons (Fsp3) is 0.452. The minimum atomic E-state index is -4.04. The van der Waals surface area contributed by atoms with Crippen LogP contribution < -0.4 is 9.80 Å². The summed E-state index contributed by atoms with van der Waals surface area (Å²) in [6, 6.07) is 10.5. The van der Waals surface area contributed by atoms with E-state index in [4.69, 9.17) is 0 Å². The van der Waals surface area contributed by atoms with Crippen molar-refractivity contribution in [3.63, 3.8) is 0 Å². The standard InChI is InChI=1S/C31H35FN4O5S2/c1-20-6-5-15-35(20)28-14-13-24(17-33-28)43(40,41)34-18-26(21-7-3-2-4-8-21)36(29(37)19-34)25-16-27(42-30(25)31(38)39)22-9-11-23(32)12-10-22/h9-14,16-17,20-21,26H,2-8,15,18-19H2,1H3,(H,38,39). The lowest BCUT2D eigenvalue weighted by Crippen LogP contribution is -2.60. The van der Waals surface area contributed by atoms with Crippen molar-refractivity contribution in [3.8, 4) is 10.4 Å². The summed E-state index contributed by atoms with van der Waals surface area (Å²) < 4.78 is 42.5. The fourth-order valence-electron chi connectivity index (χ4n) is 6.73. The molecule has 1 saturated carbocycles. The van der Waals surface area contributed by atoms with E-state index in [2.05, 4.69) is 16.8 Å². The molecule has 43 heavy (non-hydrogen) atoms. The molecule has 2 aromatic heterocycles. The van der Waals surface area contributed by atoms with Gasteiger partial charge >= 0.3 is 5.97 Å². The molecule has 9 nitrogen and oxygen atoms in total. The molecule has 0 bridgehead atoms. The van der Waals surface area contributed by atoms with Gasteiger partial charge in [0.25, 0.3) is 0 Å². The number of halogens is 1. The highest BCUT2D eigenvalue weighted by molar-refractivity contribution is 7.89. The van der Waals surface area contributed by atoms with Gasteiger partial charge in [0.2, 0.25) is 15.9 Å². The maximum Gasteiger partial charge on any atom is 0.348 e. The molecule has 3 aromatic rings. The second-order valence-corrected chi connectivity index (χ2v) is 14.7. The molecule has 3 fully saturated rings. The number of aromatic carboxylic acids is 1. The molecule has 0 radical (unpaired) electrons. The summed E-state index contributed by atoms with van der Waals surface area (Å²) in [7, 11) is -4.04. The van der Waals surface area contributed by atoms with Crippen LogP contribution in [0, 0.1) is 11.7 Å². The Morgan fingerprint density at radius 1 is 1.05 bits per heavy atom. The maximum absolute atomic E-state index is 13.9. The summed E-state index contributed by atoms with van der Waals surface area (Å²) in [6.45, 7) is 2.66. The second-order valence-electron chi connectivity index (χ2n) is 11.7. The van der Waals surface area contributed by atoms with Gasteiger partial charge in [0.15, 0.2) is 0 Å². The SMILES string of the molecule is CC1CCCN1c1ccc(S(=O)(=O)N2CC(=O)N(c3cc(-c4ccc(F)cc4)sc3C(=O)O)C(C3CCCCC3)C2)cn1. The third-order valence-electron chi connectivity index (χ3n) is 9.00.